The van der Waals surface area contributed by atoms with Crippen molar-refractivity contribution < 1.29 is 43.9 Å². The molecule has 2 atom stereocenters. The largest absolute Gasteiger partial charge is 0.416 e. The van der Waals surface area contributed by atoms with Crippen molar-refractivity contribution in [2.45, 2.75) is 75.8 Å². The first-order valence-electron chi connectivity index (χ1n) is 19.3. The summed E-state index contributed by atoms with van der Waals surface area (Å²) in [6.45, 7) is 0. The van der Waals surface area contributed by atoms with Gasteiger partial charge in [0.25, 0.3) is 0 Å². The summed E-state index contributed by atoms with van der Waals surface area (Å²) in [6, 6.07) is 40.5. The van der Waals surface area contributed by atoms with Crippen molar-refractivity contribution in [2.75, 3.05) is 14.1 Å². The molecule has 316 valence electrons. The first-order chi connectivity index (χ1) is 28.0. The quantitative estimate of drug-likeness (QED) is 0.0495. The Bertz CT molecular complexity index is 2170. The average Bonchev–Trinajstić information content (AvgIpc) is 3.20. The minimum atomic E-state index is -4.67. The summed E-state index contributed by atoms with van der Waals surface area (Å²) in [5, 5.41) is 11.4. The van der Waals surface area contributed by atoms with Gasteiger partial charge in [-0.1, -0.05) is 122 Å². The van der Waals surface area contributed by atoms with Crippen LogP contribution in [0, 0.1) is 0 Å². The molecule has 0 fully saturated rings. The lowest BCUT2D eigenvalue weighted by molar-refractivity contribution is -0.138. The summed E-state index contributed by atoms with van der Waals surface area (Å²) in [4.78, 5) is 0. The molecular formula is C46H50F6N2O4S. The number of halogens is 6. The van der Waals surface area contributed by atoms with Crippen molar-refractivity contribution in [1.82, 2.24) is 10.6 Å². The summed E-state index contributed by atoms with van der Waals surface area (Å²) >= 11 is 0. The van der Waals surface area contributed by atoms with Gasteiger partial charge >= 0.3 is 22.8 Å². The van der Waals surface area contributed by atoms with Gasteiger partial charge in [0.2, 0.25) is 0 Å². The summed E-state index contributed by atoms with van der Waals surface area (Å²) in [7, 11) is -1.06. The number of unbranched alkanes of at least 4 members (excludes halogenated alkanes) is 2. The molecule has 13 heteroatoms. The topological polar surface area (TPSA) is 98.7 Å². The number of fused-ring (bicyclic) bond motifs is 2. The van der Waals surface area contributed by atoms with Gasteiger partial charge in [-0.15, -0.1) is 0 Å². The fourth-order valence-corrected chi connectivity index (χ4v) is 7.17. The van der Waals surface area contributed by atoms with Crippen molar-refractivity contribution in [3.8, 4) is 0 Å². The molecule has 6 aromatic carbocycles. The number of alkyl halides is 6. The van der Waals surface area contributed by atoms with Gasteiger partial charge in [0.1, 0.15) is 0 Å². The molecule has 0 aliphatic heterocycles. The monoisotopic (exact) mass is 840 g/mol. The standard InChI is InChI=1S/2C23H24F3N.H2O4S/c2*1-27-22(19-12-7-13-20(16-19)23(24,25)26)15-5-3-9-18-11-6-10-17-8-2-4-14-21(17)18;1-5(2,3)4/h2*2,4,6-8,10-14,16,22,27H,3,5,9,15H2,1H3;(H2,1,2,3,4). The first-order valence-corrected chi connectivity index (χ1v) is 20.7. The lowest BCUT2D eigenvalue weighted by atomic mass is 9.96. The van der Waals surface area contributed by atoms with E-state index >= 15 is 0 Å². The van der Waals surface area contributed by atoms with Gasteiger partial charge in [0.05, 0.1) is 11.1 Å². The zero-order valence-electron chi connectivity index (χ0n) is 32.9. The van der Waals surface area contributed by atoms with Crippen molar-refractivity contribution >= 4 is 31.9 Å². The van der Waals surface area contributed by atoms with Gasteiger partial charge in [-0.25, -0.2) is 0 Å². The minimum absolute atomic E-state index is 0.0696. The zero-order valence-corrected chi connectivity index (χ0v) is 33.7. The van der Waals surface area contributed by atoms with Crippen LogP contribution in [0.1, 0.15) is 84.0 Å². The Kier molecular flexibility index (Phi) is 17.5. The second kappa shape index (κ2) is 22.0. The SMILES string of the molecule is CNC(CCCCc1cccc2ccccc12)c1cccc(C(F)(F)F)c1.CNC(CCCCc1cccc2ccccc12)c1cccc(C(F)(F)F)c1.O=S(=O)(O)O. The smallest absolute Gasteiger partial charge is 0.313 e. The zero-order chi connectivity index (χ0) is 43.1. The van der Waals surface area contributed by atoms with Crippen LogP contribution in [0.3, 0.4) is 0 Å². The van der Waals surface area contributed by atoms with E-state index in [1.807, 2.05) is 12.1 Å². The highest BCUT2D eigenvalue weighted by atomic mass is 32.3. The maximum Gasteiger partial charge on any atom is 0.416 e. The van der Waals surface area contributed by atoms with E-state index in [4.69, 9.17) is 17.5 Å². The van der Waals surface area contributed by atoms with Crippen LogP contribution in [0.25, 0.3) is 21.5 Å². The maximum absolute atomic E-state index is 12.9. The molecule has 4 N–H and O–H groups in total. The first kappa shape index (κ1) is 46.9. The van der Waals surface area contributed by atoms with E-state index in [0.717, 1.165) is 63.5 Å². The highest BCUT2D eigenvalue weighted by Crippen LogP contribution is 2.33. The highest BCUT2D eigenvalue weighted by Gasteiger charge is 2.31. The van der Waals surface area contributed by atoms with Crippen LogP contribution < -0.4 is 10.6 Å². The van der Waals surface area contributed by atoms with Crippen LogP contribution >= 0.6 is 0 Å². The van der Waals surface area contributed by atoms with Gasteiger partial charge in [-0.3, -0.25) is 9.11 Å². The average molecular weight is 841 g/mol. The number of nitrogens with one attached hydrogen (secondary N) is 2. The van der Waals surface area contributed by atoms with Crippen molar-refractivity contribution in [1.29, 1.82) is 0 Å². The van der Waals surface area contributed by atoms with Crippen molar-refractivity contribution in [2.24, 2.45) is 0 Å². The molecular weight excluding hydrogens is 791 g/mol. The van der Waals surface area contributed by atoms with E-state index in [1.165, 1.54) is 56.9 Å². The molecule has 0 heterocycles. The van der Waals surface area contributed by atoms with Crippen LogP contribution in [0.2, 0.25) is 0 Å². The van der Waals surface area contributed by atoms with E-state index < -0.39 is 33.9 Å². The van der Waals surface area contributed by atoms with E-state index in [9.17, 15) is 26.3 Å². The van der Waals surface area contributed by atoms with Gasteiger partial charge in [0.15, 0.2) is 0 Å². The predicted molar refractivity (Wildman–Crippen MR) is 224 cm³/mol. The molecule has 0 saturated carbocycles. The third-order valence-corrected chi connectivity index (χ3v) is 10.1. The molecule has 0 aliphatic rings. The Morgan fingerprint density at radius 3 is 1.20 bits per heavy atom. The maximum atomic E-state index is 12.9. The van der Waals surface area contributed by atoms with E-state index in [0.29, 0.717) is 11.1 Å². The molecule has 0 amide bonds. The molecule has 0 aromatic heterocycles. The number of aryl methyl sites for hydroxylation is 2. The molecule has 59 heavy (non-hydrogen) atoms. The summed E-state index contributed by atoms with van der Waals surface area (Å²) in [6.07, 6.45) is -1.14. The predicted octanol–water partition coefficient (Wildman–Crippen LogP) is 12.4. The minimum Gasteiger partial charge on any atom is -0.313 e. The lowest BCUT2D eigenvalue weighted by Crippen LogP contribution is -2.17. The molecule has 6 nitrogen and oxygen atoms in total. The Morgan fingerprint density at radius 1 is 0.508 bits per heavy atom. The van der Waals surface area contributed by atoms with Crippen LogP contribution in [0.4, 0.5) is 26.3 Å². The molecule has 6 rings (SSSR count). The summed E-state index contributed by atoms with van der Waals surface area (Å²) < 4.78 is 109. The number of hydrogen-bond acceptors (Lipinski definition) is 4. The molecule has 0 spiro atoms. The number of rotatable bonds is 14. The normalized spacial score (nSPS) is 12.9. The van der Waals surface area contributed by atoms with Crippen molar-refractivity contribution in [3.05, 3.63) is 167 Å². The van der Waals surface area contributed by atoms with E-state index in [2.05, 4.69) is 83.4 Å². The van der Waals surface area contributed by atoms with Gasteiger partial charge < -0.3 is 10.6 Å². The second-order valence-electron chi connectivity index (χ2n) is 14.1. The highest BCUT2D eigenvalue weighted by molar-refractivity contribution is 7.79. The Morgan fingerprint density at radius 2 is 0.847 bits per heavy atom. The molecule has 0 radical (unpaired) electrons. The van der Waals surface area contributed by atoms with Crippen LogP contribution in [-0.2, 0) is 35.6 Å². The van der Waals surface area contributed by atoms with Gasteiger partial charge in [-0.2, -0.15) is 34.8 Å². The fourth-order valence-electron chi connectivity index (χ4n) is 7.17. The summed E-state index contributed by atoms with van der Waals surface area (Å²) in [5.74, 6) is 0. The molecule has 0 aliphatic carbocycles. The molecule has 0 saturated heterocycles. The third kappa shape index (κ3) is 15.4. The van der Waals surface area contributed by atoms with Crippen LogP contribution in [0.5, 0.6) is 0 Å². The lowest BCUT2D eigenvalue weighted by Gasteiger charge is -2.18. The van der Waals surface area contributed by atoms with Gasteiger partial charge in [0, 0.05) is 12.1 Å². The summed E-state index contributed by atoms with van der Waals surface area (Å²) in [5.41, 5.74) is 2.86. The Labute approximate surface area is 342 Å². The molecule has 6 aromatic rings. The Hall–Kier alpha value is -4.79. The van der Waals surface area contributed by atoms with Crippen LogP contribution in [0.15, 0.2) is 133 Å². The number of hydrogen-bond donors (Lipinski definition) is 4. The van der Waals surface area contributed by atoms with Crippen LogP contribution in [-0.4, -0.2) is 31.6 Å². The molecule has 0 bridgehead atoms. The molecule has 2 unspecified atom stereocenters. The van der Waals surface area contributed by atoms with Crippen molar-refractivity contribution in [3.63, 3.8) is 0 Å². The fraction of sp³-hybridized carbons (Fsp3) is 0.304. The van der Waals surface area contributed by atoms with Gasteiger partial charge in [-0.05, 0) is 121 Å². The second-order valence-corrected chi connectivity index (χ2v) is 15.0. The van der Waals surface area contributed by atoms with E-state index in [1.54, 1.807) is 26.2 Å². The third-order valence-electron chi connectivity index (χ3n) is 10.1. The number of benzene rings is 6. The van der Waals surface area contributed by atoms with E-state index in [-0.39, 0.29) is 12.1 Å². The Balaban J connectivity index is 0.000000234.